The first-order valence-electron chi connectivity index (χ1n) is 34.5. The molecule has 1 unspecified atom stereocenters. The summed E-state index contributed by atoms with van der Waals surface area (Å²) >= 11 is 0. The molecule has 22 heteroatoms. The minimum absolute atomic E-state index is 0.0742. The quantitative estimate of drug-likeness (QED) is 0.165. The molecule has 2 N–H and O–H groups in total. The molecule has 0 saturated carbocycles. The van der Waals surface area contributed by atoms with Crippen LogP contribution in [0.3, 0.4) is 0 Å². The van der Waals surface area contributed by atoms with Gasteiger partial charge >= 0.3 is 0 Å². The Morgan fingerprint density at radius 2 is 0.957 bits per heavy atom. The minimum Gasteiger partial charge on any atom is -0.490 e. The molecule has 22 nitrogen and oxygen atoms in total. The lowest BCUT2D eigenvalue weighted by atomic mass is 9.84. The molecule has 0 aromatic heterocycles. The van der Waals surface area contributed by atoms with Crippen LogP contribution in [0.25, 0.3) is 0 Å². The van der Waals surface area contributed by atoms with E-state index in [-0.39, 0.29) is 74.4 Å². The molecular formula is C72H121N9O13. The molecule has 13 atom stereocenters. The predicted molar refractivity (Wildman–Crippen MR) is 366 cm³/mol. The zero-order valence-electron chi connectivity index (χ0n) is 61.7. The maximum atomic E-state index is 15.5. The smallest absolute Gasteiger partial charge is 0.246 e. The van der Waals surface area contributed by atoms with Gasteiger partial charge in [-0.1, -0.05) is 116 Å². The highest BCUT2D eigenvalue weighted by molar-refractivity contribution is 6.00. The molecule has 94 heavy (non-hydrogen) atoms. The van der Waals surface area contributed by atoms with Gasteiger partial charge in [0.05, 0.1) is 30.4 Å². The molecule has 0 bridgehead atoms. The monoisotopic (exact) mass is 1320 g/mol. The summed E-state index contributed by atoms with van der Waals surface area (Å²) in [6.07, 6.45) is -1.20. The highest BCUT2D eigenvalue weighted by Crippen LogP contribution is 2.33. The molecule has 1 saturated heterocycles. The number of ether oxygens (including phenoxy) is 1. The van der Waals surface area contributed by atoms with Crippen LogP contribution < -0.4 is 15.0 Å². The van der Waals surface area contributed by atoms with Crippen LogP contribution in [0.5, 0.6) is 5.75 Å². The lowest BCUT2D eigenvalue weighted by Crippen LogP contribution is -2.62. The maximum absolute atomic E-state index is 15.5. The third-order valence-electron chi connectivity index (χ3n) is 19.5. The van der Waals surface area contributed by atoms with E-state index >= 15 is 19.2 Å². The Kier molecular flexibility index (Phi) is 31.8. The van der Waals surface area contributed by atoms with Crippen LogP contribution in [0.2, 0.25) is 0 Å². The van der Waals surface area contributed by atoms with Crippen molar-refractivity contribution in [3.63, 3.8) is 0 Å². The standard InChI is InChI=1S/C72H121N9O13/c1-25-51-39-60(84)63(64(85)47(14)30-31-81-32-33-94-61-29-27-26-28-53(61)81)80(24)72(93)62(46(12)13)79(23)71(92)57(37-44(8)9)78(22)70(91)56(36-43(6)7)77(21)66(87)49(16)73-65(86)48(15)38-58(82)54(34-41(2)3)76(20)69(90)52(45(10)11)40-59(83)55(35-42(4)5)75(19)67(88)50(17)74(18)68(51)89/h26-29,41-52,54-57,62-64,85H,25,30-40H2,1-24H3,(H,73,86)/t47-,48+,49+,50-,51+,52-,54?,55+,56-,57-,62-,63+,64-/m1/s1. The Morgan fingerprint density at radius 1 is 0.500 bits per heavy atom. The van der Waals surface area contributed by atoms with Crippen LogP contribution in [0.4, 0.5) is 5.69 Å². The molecule has 2 aliphatic rings. The van der Waals surface area contributed by atoms with E-state index in [1.807, 2.05) is 93.5 Å². The number of hydrogen-bond donors (Lipinski definition) is 2. The average molecular weight is 1320 g/mol. The number of para-hydroxylation sites is 2. The number of aliphatic hydroxyl groups excluding tert-OH is 1. The van der Waals surface area contributed by atoms with Gasteiger partial charge in [-0.2, -0.15) is 0 Å². The zero-order valence-corrected chi connectivity index (χ0v) is 61.7. The maximum Gasteiger partial charge on any atom is 0.246 e. The van der Waals surface area contributed by atoms with E-state index in [1.54, 1.807) is 41.5 Å². The fraction of sp³-hybridized carbons (Fsp3) is 0.764. The number of rotatable bonds is 16. The Hall–Kier alpha value is -6.45. The van der Waals surface area contributed by atoms with E-state index in [4.69, 9.17) is 4.74 Å². The lowest BCUT2D eigenvalue weighted by molar-refractivity contribution is -0.157. The summed E-state index contributed by atoms with van der Waals surface area (Å²) in [6, 6.07) is -1.79. The van der Waals surface area contributed by atoms with Crippen molar-refractivity contribution in [3.8, 4) is 5.75 Å². The van der Waals surface area contributed by atoms with Gasteiger partial charge in [-0.05, 0) is 106 Å². The number of carbonyl (C=O) groups excluding carboxylic acids is 11. The van der Waals surface area contributed by atoms with E-state index < -0.39 is 155 Å². The number of nitrogens with zero attached hydrogens (tertiary/aromatic N) is 8. The molecule has 0 spiro atoms. The fourth-order valence-corrected chi connectivity index (χ4v) is 13.2. The van der Waals surface area contributed by atoms with Gasteiger partial charge in [0.15, 0.2) is 17.3 Å². The molecule has 1 aromatic rings. The first kappa shape index (κ1) is 81.8. The number of carbonyl (C=O) groups is 11. The van der Waals surface area contributed by atoms with Crippen LogP contribution in [-0.2, 0) is 52.7 Å². The molecule has 1 aromatic carbocycles. The normalized spacial score (nSPS) is 27.1. The van der Waals surface area contributed by atoms with Crippen molar-refractivity contribution >= 4 is 70.3 Å². The topological polar surface area (TPSA) is 255 Å². The Labute approximate surface area is 563 Å². The van der Waals surface area contributed by atoms with Gasteiger partial charge in [0.1, 0.15) is 48.6 Å². The number of nitrogens with one attached hydrogen (secondary N) is 1. The average Bonchev–Trinajstić information content (AvgIpc) is 0.810. The van der Waals surface area contributed by atoms with Gasteiger partial charge in [-0.3, -0.25) is 52.7 Å². The van der Waals surface area contributed by atoms with Crippen LogP contribution in [0.15, 0.2) is 24.3 Å². The molecule has 532 valence electrons. The molecule has 1 fully saturated rings. The zero-order chi connectivity index (χ0) is 71.8. The Morgan fingerprint density at radius 3 is 1.46 bits per heavy atom. The third-order valence-corrected chi connectivity index (χ3v) is 19.5. The molecule has 8 amide bonds. The van der Waals surface area contributed by atoms with Crippen molar-refractivity contribution in [2.45, 2.75) is 230 Å². The second-order valence-electron chi connectivity index (χ2n) is 29.7. The number of ketones is 3. The Balaban J connectivity index is 2.33. The van der Waals surface area contributed by atoms with Crippen molar-refractivity contribution in [1.82, 2.24) is 39.6 Å². The number of anilines is 1. The van der Waals surface area contributed by atoms with Crippen molar-refractivity contribution in [2.24, 2.45) is 59.2 Å². The van der Waals surface area contributed by atoms with Crippen molar-refractivity contribution in [1.29, 1.82) is 0 Å². The molecular weight excluding hydrogens is 1200 g/mol. The summed E-state index contributed by atoms with van der Waals surface area (Å²) < 4.78 is 5.91. The summed E-state index contributed by atoms with van der Waals surface area (Å²) in [7, 11) is 10.3. The fourth-order valence-electron chi connectivity index (χ4n) is 13.2. The summed E-state index contributed by atoms with van der Waals surface area (Å²) in [4.78, 5) is 175. The number of fused-ring (bicyclic) bond motifs is 1. The lowest BCUT2D eigenvalue weighted by Gasteiger charge is -2.42. The van der Waals surface area contributed by atoms with Crippen LogP contribution >= 0.6 is 0 Å². The van der Waals surface area contributed by atoms with Crippen LogP contribution in [0, 0.1) is 59.2 Å². The van der Waals surface area contributed by atoms with E-state index in [0.29, 0.717) is 31.9 Å². The number of hydrogen-bond acceptors (Lipinski definition) is 14. The van der Waals surface area contributed by atoms with Gasteiger partial charge in [0.2, 0.25) is 47.3 Å². The van der Waals surface area contributed by atoms with Gasteiger partial charge in [-0.15, -0.1) is 0 Å². The van der Waals surface area contributed by atoms with Gasteiger partial charge in [-0.25, -0.2) is 0 Å². The second kappa shape index (κ2) is 36.6. The number of likely N-dealkylation sites (N-methyl/N-ethyl adjacent to an activating group) is 7. The molecule has 2 aliphatic heterocycles. The van der Waals surface area contributed by atoms with Crippen molar-refractivity contribution in [3.05, 3.63) is 24.3 Å². The van der Waals surface area contributed by atoms with Gasteiger partial charge in [0.25, 0.3) is 0 Å². The van der Waals surface area contributed by atoms with Crippen molar-refractivity contribution < 1.29 is 62.6 Å². The van der Waals surface area contributed by atoms with Crippen molar-refractivity contribution in [2.75, 3.05) is 73.9 Å². The molecule has 0 radical (unpaired) electrons. The van der Waals surface area contributed by atoms with Crippen LogP contribution in [0.1, 0.15) is 175 Å². The number of amides is 8. The number of benzene rings is 1. The van der Waals surface area contributed by atoms with E-state index in [2.05, 4.69) is 10.2 Å². The highest BCUT2D eigenvalue weighted by Gasteiger charge is 2.46. The van der Waals surface area contributed by atoms with Gasteiger partial charge in [0, 0.05) is 92.9 Å². The summed E-state index contributed by atoms with van der Waals surface area (Å²) in [5, 5.41) is 15.4. The first-order chi connectivity index (χ1) is 43.6. The second-order valence-corrected chi connectivity index (χ2v) is 29.7. The SMILES string of the molecule is CC[C@H]1CC(=O)[C@@H]([C@H](O)[C@H](C)CCN2CCOc3ccccc32)N(C)C(=O)[C@@H](C(C)C)N(C)C(=O)[C@@H](CC(C)C)N(C)C(=O)[C@@H](CC(C)C)N(C)C(=O)[C@H](C)NC(=O)[C@@H](C)CC(=O)C(CC(C)C)N(C)C(=O)[C@@H](C(C)C)CC(=O)[C@H](CC(C)C)N(C)C(=O)[C@@H](C)N(C)C1=O. The molecule has 0 aliphatic carbocycles. The first-order valence-corrected chi connectivity index (χ1v) is 34.5. The highest BCUT2D eigenvalue weighted by atomic mass is 16.5. The van der Waals surface area contributed by atoms with E-state index in [0.717, 1.165) is 5.69 Å². The molecule has 3 rings (SSSR count). The number of aliphatic hydroxyl groups is 1. The molecule has 2 heterocycles. The summed E-state index contributed by atoms with van der Waals surface area (Å²) in [6.45, 7) is 31.9. The van der Waals surface area contributed by atoms with E-state index in [1.165, 1.54) is 90.6 Å². The summed E-state index contributed by atoms with van der Waals surface area (Å²) in [5.74, 6) is -10.3. The summed E-state index contributed by atoms with van der Waals surface area (Å²) in [5.41, 5.74) is 0.876. The third kappa shape index (κ3) is 21.3. The van der Waals surface area contributed by atoms with Crippen LogP contribution in [-0.4, -0.2) is 227 Å². The van der Waals surface area contributed by atoms with Gasteiger partial charge < -0.3 is 54.4 Å². The Bertz CT molecular complexity index is 2770. The van der Waals surface area contributed by atoms with E-state index in [9.17, 15) is 38.7 Å². The number of Topliss-reactive ketones (excluding diaryl/α,β-unsaturated/α-hetero) is 3. The predicted octanol–water partition coefficient (Wildman–Crippen LogP) is 7.25. The largest absolute Gasteiger partial charge is 0.490 e. The minimum atomic E-state index is -1.54.